The fourth-order valence-electron chi connectivity index (χ4n) is 1.99. The Bertz CT molecular complexity index is 438. The van der Waals surface area contributed by atoms with Gasteiger partial charge in [-0.15, -0.1) is 11.3 Å². The molecule has 0 unspecified atom stereocenters. The molecule has 1 aliphatic rings. The van der Waals surface area contributed by atoms with Crippen molar-refractivity contribution < 1.29 is 9.53 Å². The lowest BCUT2D eigenvalue weighted by atomic mass is 10.1. The minimum Gasteiger partial charge on any atom is -0.465 e. The Morgan fingerprint density at radius 1 is 1.56 bits per heavy atom. The molecule has 0 spiro atoms. The fraction of sp³-hybridized carbons (Fsp3) is 0.615. The molecule has 0 amide bonds. The van der Waals surface area contributed by atoms with Crippen molar-refractivity contribution in [2.45, 2.75) is 38.5 Å². The van der Waals surface area contributed by atoms with E-state index in [1.807, 2.05) is 0 Å². The van der Waals surface area contributed by atoms with Crippen molar-refractivity contribution >= 4 is 28.0 Å². The lowest BCUT2D eigenvalue weighted by Crippen LogP contribution is -2.03. The summed E-state index contributed by atoms with van der Waals surface area (Å²) in [5.41, 5.74) is 7.85. The Morgan fingerprint density at radius 3 is 2.83 bits per heavy atom. The predicted molar refractivity (Wildman–Crippen MR) is 75.4 cm³/mol. The number of methoxy groups -OCH3 is 1. The van der Waals surface area contributed by atoms with Crippen molar-refractivity contribution in [3.63, 3.8) is 0 Å². The highest BCUT2D eigenvalue weighted by atomic mass is 32.1. The number of hydrogen-bond acceptors (Lipinski definition) is 5. The number of anilines is 2. The number of nitrogens with two attached hydrogens (primary N) is 1. The van der Waals surface area contributed by atoms with Gasteiger partial charge in [0.2, 0.25) is 0 Å². The molecule has 1 aromatic heterocycles. The van der Waals surface area contributed by atoms with Crippen LogP contribution >= 0.6 is 11.3 Å². The van der Waals surface area contributed by atoms with Crippen LogP contribution in [0, 0.1) is 0 Å². The van der Waals surface area contributed by atoms with Gasteiger partial charge >= 0.3 is 5.97 Å². The van der Waals surface area contributed by atoms with Crippen molar-refractivity contribution in [1.29, 1.82) is 0 Å². The summed E-state index contributed by atoms with van der Waals surface area (Å²) in [5, 5.41) is 4.47. The normalized spacial score (nSPS) is 14.6. The number of carbonyl (C=O) groups excluding carboxylic acids is 1. The maximum atomic E-state index is 11.7. The summed E-state index contributed by atoms with van der Waals surface area (Å²) < 4.78 is 4.77. The molecule has 5 heteroatoms. The van der Waals surface area contributed by atoms with Gasteiger partial charge in [-0.1, -0.05) is 13.3 Å². The van der Waals surface area contributed by atoms with E-state index in [0.717, 1.165) is 30.0 Å². The van der Waals surface area contributed by atoms with Crippen LogP contribution in [0.2, 0.25) is 0 Å². The Hall–Kier alpha value is -1.23. The highest BCUT2D eigenvalue weighted by Crippen LogP contribution is 2.50. The summed E-state index contributed by atoms with van der Waals surface area (Å²) in [4.78, 5) is 12.2. The van der Waals surface area contributed by atoms with Crippen LogP contribution in [0.3, 0.4) is 0 Å². The molecule has 100 valence electrons. The van der Waals surface area contributed by atoms with Crippen molar-refractivity contribution in [3.05, 3.63) is 10.4 Å². The third-order valence-corrected chi connectivity index (χ3v) is 4.31. The largest absolute Gasteiger partial charge is 0.465 e. The molecule has 0 bridgehead atoms. The van der Waals surface area contributed by atoms with E-state index in [1.165, 1.54) is 31.3 Å². The van der Waals surface area contributed by atoms with Gasteiger partial charge in [-0.05, 0) is 25.2 Å². The fourth-order valence-corrected chi connectivity index (χ4v) is 3.14. The summed E-state index contributed by atoms with van der Waals surface area (Å²) in [6.45, 7) is 3.09. The van der Waals surface area contributed by atoms with E-state index in [9.17, 15) is 4.79 Å². The molecule has 0 aromatic carbocycles. The summed E-state index contributed by atoms with van der Waals surface area (Å²) >= 11 is 1.43. The second kappa shape index (κ2) is 5.61. The van der Waals surface area contributed by atoms with Crippen LogP contribution in [0.5, 0.6) is 0 Å². The lowest BCUT2D eigenvalue weighted by Gasteiger charge is -2.06. The zero-order valence-electron chi connectivity index (χ0n) is 10.9. The van der Waals surface area contributed by atoms with Gasteiger partial charge in [-0.2, -0.15) is 0 Å². The summed E-state index contributed by atoms with van der Waals surface area (Å²) in [6.07, 6.45) is 4.61. The Labute approximate surface area is 112 Å². The van der Waals surface area contributed by atoms with E-state index in [0.29, 0.717) is 16.5 Å². The van der Waals surface area contributed by atoms with Crippen molar-refractivity contribution in [2.24, 2.45) is 0 Å². The number of ether oxygens (including phenoxy) is 1. The van der Waals surface area contributed by atoms with Gasteiger partial charge in [0.05, 0.1) is 17.8 Å². The number of nitrogens with one attached hydrogen (secondary N) is 1. The zero-order chi connectivity index (χ0) is 13.1. The van der Waals surface area contributed by atoms with E-state index in [2.05, 4.69) is 12.2 Å². The quantitative estimate of drug-likeness (QED) is 0.614. The molecular weight excluding hydrogens is 248 g/mol. The number of nitrogen functional groups attached to an aromatic ring is 1. The molecule has 1 heterocycles. The molecule has 3 N–H and O–H groups in total. The van der Waals surface area contributed by atoms with Crippen LogP contribution in [0.1, 0.15) is 53.8 Å². The van der Waals surface area contributed by atoms with E-state index >= 15 is 0 Å². The standard InChI is InChI=1S/C13H20N2O2S/c1-3-4-7-15-12-9(8-5-6-8)10(14)11(18-12)13(16)17-2/h8,15H,3-7,14H2,1-2H3. The van der Waals surface area contributed by atoms with E-state index in [-0.39, 0.29) is 5.97 Å². The maximum Gasteiger partial charge on any atom is 0.350 e. The van der Waals surface area contributed by atoms with Crippen molar-refractivity contribution in [1.82, 2.24) is 0 Å². The summed E-state index contributed by atoms with van der Waals surface area (Å²) in [5.74, 6) is 0.201. The highest BCUT2D eigenvalue weighted by molar-refractivity contribution is 7.18. The Kier molecular flexibility index (Phi) is 4.11. The molecular formula is C13H20N2O2S. The molecule has 0 aliphatic heterocycles. The molecule has 1 aromatic rings. The van der Waals surface area contributed by atoms with Gasteiger partial charge < -0.3 is 15.8 Å². The lowest BCUT2D eigenvalue weighted by molar-refractivity contribution is 0.0607. The second-order valence-electron chi connectivity index (χ2n) is 4.63. The SMILES string of the molecule is CCCCNc1sc(C(=O)OC)c(N)c1C1CC1. The Balaban J connectivity index is 2.23. The first-order valence-corrected chi connectivity index (χ1v) is 7.25. The van der Waals surface area contributed by atoms with Gasteiger partial charge in [0.1, 0.15) is 4.88 Å². The minimum absolute atomic E-state index is 0.331. The molecule has 0 saturated heterocycles. The molecule has 1 aliphatic carbocycles. The van der Waals surface area contributed by atoms with E-state index < -0.39 is 0 Å². The average molecular weight is 268 g/mol. The topological polar surface area (TPSA) is 64.3 Å². The molecule has 4 nitrogen and oxygen atoms in total. The van der Waals surface area contributed by atoms with Crippen LogP contribution in [0.25, 0.3) is 0 Å². The highest BCUT2D eigenvalue weighted by Gasteiger charge is 2.33. The van der Waals surface area contributed by atoms with Crippen molar-refractivity contribution in [2.75, 3.05) is 24.7 Å². The number of carbonyl (C=O) groups is 1. The smallest absolute Gasteiger partial charge is 0.350 e. The maximum absolute atomic E-state index is 11.7. The first kappa shape index (κ1) is 13.2. The number of esters is 1. The van der Waals surface area contributed by atoms with Gasteiger partial charge in [-0.25, -0.2) is 4.79 Å². The molecule has 1 saturated carbocycles. The van der Waals surface area contributed by atoms with Gasteiger partial charge in [0.25, 0.3) is 0 Å². The monoisotopic (exact) mass is 268 g/mol. The van der Waals surface area contributed by atoms with Gasteiger partial charge in [0.15, 0.2) is 0 Å². The first-order valence-electron chi connectivity index (χ1n) is 6.43. The second-order valence-corrected chi connectivity index (χ2v) is 5.65. The first-order chi connectivity index (χ1) is 8.69. The Morgan fingerprint density at radius 2 is 2.28 bits per heavy atom. The van der Waals surface area contributed by atoms with Crippen LogP contribution in [-0.2, 0) is 4.74 Å². The predicted octanol–water partition coefficient (Wildman–Crippen LogP) is 3.21. The number of thiophene rings is 1. The van der Waals surface area contributed by atoms with E-state index in [4.69, 9.17) is 10.5 Å². The molecule has 0 radical (unpaired) electrons. The molecule has 1 fully saturated rings. The van der Waals surface area contributed by atoms with Crippen LogP contribution < -0.4 is 11.1 Å². The number of rotatable bonds is 6. The van der Waals surface area contributed by atoms with Gasteiger partial charge in [-0.3, -0.25) is 0 Å². The number of hydrogen-bond donors (Lipinski definition) is 2. The summed E-state index contributed by atoms with van der Waals surface area (Å²) in [6, 6.07) is 0. The van der Waals surface area contributed by atoms with Crippen LogP contribution in [0.15, 0.2) is 0 Å². The van der Waals surface area contributed by atoms with E-state index in [1.54, 1.807) is 0 Å². The molecule has 18 heavy (non-hydrogen) atoms. The average Bonchev–Trinajstić information content (AvgIpc) is 3.14. The van der Waals surface area contributed by atoms with Gasteiger partial charge in [0, 0.05) is 12.1 Å². The van der Waals surface area contributed by atoms with Crippen molar-refractivity contribution in [3.8, 4) is 0 Å². The minimum atomic E-state index is -0.331. The van der Waals surface area contributed by atoms with Crippen LogP contribution in [-0.4, -0.2) is 19.6 Å². The zero-order valence-corrected chi connectivity index (χ0v) is 11.7. The third kappa shape index (κ3) is 2.61. The molecule has 2 rings (SSSR count). The molecule has 0 atom stereocenters. The van der Waals surface area contributed by atoms with Crippen LogP contribution in [0.4, 0.5) is 10.7 Å². The number of unbranched alkanes of at least 4 members (excludes halogenated alkanes) is 1. The summed E-state index contributed by atoms with van der Waals surface area (Å²) in [7, 11) is 1.39. The third-order valence-electron chi connectivity index (χ3n) is 3.16.